The molecule has 3 N–H and O–H groups in total. The van der Waals surface area contributed by atoms with E-state index in [2.05, 4.69) is 27.2 Å². The molecule has 1 aliphatic heterocycles. The normalized spacial score (nSPS) is 16.2. The van der Waals surface area contributed by atoms with E-state index < -0.39 is 4.92 Å². The first-order chi connectivity index (χ1) is 9.65. The minimum Gasteiger partial charge on any atom is -0.348 e. The van der Waals surface area contributed by atoms with E-state index >= 15 is 0 Å². The van der Waals surface area contributed by atoms with Crippen molar-refractivity contribution in [2.45, 2.75) is 13.3 Å². The van der Waals surface area contributed by atoms with Gasteiger partial charge in [-0.3, -0.25) is 20.4 Å². The Balaban J connectivity index is 2.17. The Labute approximate surface area is 116 Å². The van der Waals surface area contributed by atoms with Gasteiger partial charge in [0.2, 0.25) is 11.8 Å². The van der Waals surface area contributed by atoms with Gasteiger partial charge in [0.1, 0.15) is 6.20 Å². The van der Waals surface area contributed by atoms with Gasteiger partial charge in [-0.05, 0) is 13.0 Å². The second-order valence-corrected chi connectivity index (χ2v) is 4.63. The molecule has 1 saturated heterocycles. The number of aromatic nitrogens is 2. The van der Waals surface area contributed by atoms with E-state index in [-0.39, 0.29) is 11.6 Å². The molecule has 2 heterocycles. The minimum absolute atomic E-state index is 0.0899. The second kappa shape index (κ2) is 6.44. The van der Waals surface area contributed by atoms with E-state index in [0.29, 0.717) is 18.9 Å². The molecule has 0 unspecified atom stereocenters. The zero-order valence-electron chi connectivity index (χ0n) is 11.4. The highest BCUT2D eigenvalue weighted by Gasteiger charge is 2.25. The van der Waals surface area contributed by atoms with Gasteiger partial charge < -0.3 is 4.90 Å². The fourth-order valence-electron chi connectivity index (χ4n) is 2.30. The van der Waals surface area contributed by atoms with Crippen LogP contribution in [0.15, 0.2) is 6.20 Å². The minimum atomic E-state index is -0.464. The Morgan fingerprint density at radius 1 is 1.45 bits per heavy atom. The van der Waals surface area contributed by atoms with Crippen LogP contribution in [0.3, 0.4) is 0 Å². The molecule has 20 heavy (non-hydrogen) atoms. The lowest BCUT2D eigenvalue weighted by atomic mass is 10.3. The van der Waals surface area contributed by atoms with E-state index in [1.54, 1.807) is 0 Å². The number of hydrazine groups is 1. The zero-order chi connectivity index (χ0) is 14.5. The molecule has 1 fully saturated rings. The number of nitrogens with zero attached hydrogens (tertiary/aromatic N) is 5. The van der Waals surface area contributed by atoms with Crippen molar-refractivity contribution >= 4 is 17.5 Å². The molecular weight excluding hydrogens is 262 g/mol. The molecule has 0 saturated carbocycles. The van der Waals surface area contributed by atoms with Gasteiger partial charge in [0, 0.05) is 26.2 Å². The number of rotatable bonds is 5. The highest BCUT2D eigenvalue weighted by atomic mass is 16.6. The first-order valence-corrected chi connectivity index (χ1v) is 6.61. The van der Waals surface area contributed by atoms with Gasteiger partial charge in [-0.15, -0.1) is 0 Å². The molecular formula is C11H19N7O2. The van der Waals surface area contributed by atoms with Crippen LogP contribution in [-0.2, 0) is 0 Å². The van der Waals surface area contributed by atoms with Crippen LogP contribution in [0.4, 0.5) is 17.5 Å². The first kappa shape index (κ1) is 14.4. The van der Waals surface area contributed by atoms with Crippen LogP contribution >= 0.6 is 0 Å². The molecule has 0 aromatic carbocycles. The van der Waals surface area contributed by atoms with Gasteiger partial charge in [0.25, 0.3) is 0 Å². The molecule has 1 aromatic rings. The summed E-state index contributed by atoms with van der Waals surface area (Å²) in [6, 6.07) is 0. The average Bonchev–Trinajstić information content (AvgIpc) is 2.47. The van der Waals surface area contributed by atoms with E-state index in [9.17, 15) is 10.1 Å². The van der Waals surface area contributed by atoms with Gasteiger partial charge in [0.05, 0.1) is 4.92 Å². The van der Waals surface area contributed by atoms with Crippen molar-refractivity contribution in [1.29, 1.82) is 0 Å². The number of nitrogens with two attached hydrogens (primary N) is 1. The molecule has 0 amide bonds. The van der Waals surface area contributed by atoms with Crippen LogP contribution < -0.4 is 16.2 Å². The lowest BCUT2D eigenvalue weighted by Crippen LogP contribution is -2.47. The summed E-state index contributed by atoms with van der Waals surface area (Å²) < 4.78 is 0. The molecule has 1 aliphatic rings. The number of hydrogen-bond acceptors (Lipinski definition) is 8. The summed E-state index contributed by atoms with van der Waals surface area (Å²) in [5.41, 5.74) is 2.23. The van der Waals surface area contributed by atoms with Crippen molar-refractivity contribution in [3.05, 3.63) is 16.3 Å². The standard InChI is InChI=1S/C11H19N7O2/c1-2-3-16-4-6-17(7-5-16)10-9(18(19)20)8-13-11(14-10)15-12/h8H,2-7,12H2,1H3,(H,13,14,15). The lowest BCUT2D eigenvalue weighted by Gasteiger charge is -2.34. The van der Waals surface area contributed by atoms with Crippen molar-refractivity contribution < 1.29 is 4.92 Å². The predicted molar refractivity (Wildman–Crippen MR) is 75.4 cm³/mol. The summed E-state index contributed by atoms with van der Waals surface area (Å²) in [6.07, 6.45) is 2.30. The van der Waals surface area contributed by atoms with Crippen molar-refractivity contribution in [2.24, 2.45) is 5.84 Å². The van der Waals surface area contributed by atoms with Gasteiger partial charge in [-0.2, -0.15) is 4.98 Å². The maximum atomic E-state index is 11.1. The first-order valence-electron chi connectivity index (χ1n) is 6.61. The molecule has 9 nitrogen and oxygen atoms in total. The summed E-state index contributed by atoms with van der Waals surface area (Å²) in [5, 5.41) is 11.1. The highest BCUT2D eigenvalue weighted by molar-refractivity contribution is 5.59. The fourth-order valence-corrected chi connectivity index (χ4v) is 2.30. The molecule has 0 aliphatic carbocycles. The van der Waals surface area contributed by atoms with E-state index in [1.807, 2.05) is 4.90 Å². The van der Waals surface area contributed by atoms with Crippen LogP contribution in [0.1, 0.15) is 13.3 Å². The quantitative estimate of drug-likeness (QED) is 0.447. The van der Waals surface area contributed by atoms with E-state index in [1.165, 1.54) is 6.20 Å². The summed E-state index contributed by atoms with van der Waals surface area (Å²) in [5.74, 6) is 5.77. The predicted octanol–water partition coefficient (Wildman–Crippen LogP) is 0.202. The van der Waals surface area contributed by atoms with Crippen LogP contribution in [0.5, 0.6) is 0 Å². The SMILES string of the molecule is CCCN1CCN(c2nc(NN)ncc2[N+](=O)[O-])CC1. The fraction of sp³-hybridized carbons (Fsp3) is 0.636. The highest BCUT2D eigenvalue weighted by Crippen LogP contribution is 2.26. The summed E-state index contributed by atoms with van der Waals surface area (Å²) >= 11 is 0. The van der Waals surface area contributed by atoms with Crippen LogP contribution in [0.2, 0.25) is 0 Å². The summed E-state index contributed by atoms with van der Waals surface area (Å²) in [6.45, 7) is 6.36. The number of nitrogen functional groups attached to an aromatic ring is 1. The van der Waals surface area contributed by atoms with Crippen molar-refractivity contribution in [3.63, 3.8) is 0 Å². The number of nitro groups is 1. The molecule has 1 aromatic heterocycles. The molecule has 0 atom stereocenters. The number of nitrogens with one attached hydrogen (secondary N) is 1. The van der Waals surface area contributed by atoms with Crippen LogP contribution in [0, 0.1) is 10.1 Å². The third kappa shape index (κ3) is 3.11. The Bertz CT molecular complexity index is 474. The van der Waals surface area contributed by atoms with Gasteiger partial charge in [-0.1, -0.05) is 6.92 Å². The van der Waals surface area contributed by atoms with Gasteiger partial charge in [-0.25, -0.2) is 10.8 Å². The van der Waals surface area contributed by atoms with Gasteiger partial charge in [0.15, 0.2) is 0 Å². The van der Waals surface area contributed by atoms with Crippen molar-refractivity contribution in [3.8, 4) is 0 Å². The van der Waals surface area contributed by atoms with Crippen LogP contribution in [-0.4, -0.2) is 52.5 Å². The number of anilines is 2. The summed E-state index contributed by atoms with van der Waals surface area (Å²) in [4.78, 5) is 22.8. The number of piperazine rings is 1. The second-order valence-electron chi connectivity index (χ2n) is 4.63. The molecule has 2 rings (SSSR count). The summed E-state index contributed by atoms with van der Waals surface area (Å²) in [7, 11) is 0. The lowest BCUT2D eigenvalue weighted by molar-refractivity contribution is -0.384. The van der Waals surface area contributed by atoms with Crippen molar-refractivity contribution in [2.75, 3.05) is 43.0 Å². The molecule has 0 bridgehead atoms. The molecule has 110 valence electrons. The topological polar surface area (TPSA) is 113 Å². The number of hydrogen-bond donors (Lipinski definition) is 2. The monoisotopic (exact) mass is 281 g/mol. The Kier molecular flexibility index (Phi) is 4.64. The third-order valence-electron chi connectivity index (χ3n) is 3.29. The van der Waals surface area contributed by atoms with E-state index in [0.717, 1.165) is 26.1 Å². The Morgan fingerprint density at radius 3 is 2.70 bits per heavy atom. The average molecular weight is 281 g/mol. The van der Waals surface area contributed by atoms with Crippen LogP contribution in [0.25, 0.3) is 0 Å². The van der Waals surface area contributed by atoms with Gasteiger partial charge >= 0.3 is 5.69 Å². The Morgan fingerprint density at radius 2 is 2.15 bits per heavy atom. The van der Waals surface area contributed by atoms with Crippen molar-refractivity contribution in [1.82, 2.24) is 14.9 Å². The molecule has 0 radical (unpaired) electrons. The third-order valence-corrected chi connectivity index (χ3v) is 3.29. The van der Waals surface area contributed by atoms with E-state index in [4.69, 9.17) is 5.84 Å². The molecule has 0 spiro atoms. The zero-order valence-corrected chi connectivity index (χ0v) is 11.4. The molecule has 9 heteroatoms. The largest absolute Gasteiger partial charge is 0.348 e. The maximum absolute atomic E-state index is 11.1. The maximum Gasteiger partial charge on any atom is 0.329 e. The Hall–Kier alpha value is -2.00. The smallest absolute Gasteiger partial charge is 0.329 e.